The smallest absolute Gasteiger partial charge is 0.213 e. The molecule has 0 amide bonds. The van der Waals surface area contributed by atoms with Crippen molar-refractivity contribution < 1.29 is 4.42 Å². The van der Waals surface area contributed by atoms with Gasteiger partial charge in [-0.2, -0.15) is 0 Å². The predicted octanol–water partition coefficient (Wildman–Crippen LogP) is 12.0. The van der Waals surface area contributed by atoms with Crippen molar-refractivity contribution >= 4 is 54.8 Å². The van der Waals surface area contributed by atoms with Crippen LogP contribution < -0.4 is 0 Å². The maximum atomic E-state index is 6.55. The number of nitrogens with zero attached hydrogens (tertiary/aromatic N) is 2. The number of para-hydroxylation sites is 4. The van der Waals surface area contributed by atoms with E-state index in [-0.39, 0.29) is 0 Å². The summed E-state index contributed by atoms with van der Waals surface area (Å²) in [4.78, 5) is 0. The zero-order valence-electron chi connectivity index (χ0n) is 25.5. The molecule has 3 heteroatoms. The van der Waals surface area contributed by atoms with E-state index in [1.54, 1.807) is 0 Å². The first kappa shape index (κ1) is 26.0. The van der Waals surface area contributed by atoms with E-state index in [0.717, 1.165) is 33.3 Å². The van der Waals surface area contributed by atoms with Crippen molar-refractivity contribution in [3.8, 4) is 33.6 Å². The first-order valence-electron chi connectivity index (χ1n) is 16.0. The quantitative estimate of drug-likeness (QED) is 0.197. The summed E-state index contributed by atoms with van der Waals surface area (Å²) < 4.78 is 11.2. The van der Waals surface area contributed by atoms with E-state index in [1.165, 1.54) is 55.1 Å². The van der Waals surface area contributed by atoms with Crippen molar-refractivity contribution in [1.29, 1.82) is 0 Å². The first-order chi connectivity index (χ1) is 23.3. The number of furan rings is 1. The van der Waals surface area contributed by atoms with Gasteiger partial charge in [0, 0.05) is 32.9 Å². The molecule has 3 nitrogen and oxygen atoms in total. The first-order valence-corrected chi connectivity index (χ1v) is 16.0. The van der Waals surface area contributed by atoms with Gasteiger partial charge in [0.1, 0.15) is 5.58 Å². The van der Waals surface area contributed by atoms with E-state index in [1.807, 2.05) is 6.07 Å². The summed E-state index contributed by atoms with van der Waals surface area (Å²) in [5.41, 5.74) is 12.4. The fourth-order valence-corrected chi connectivity index (χ4v) is 7.37. The average Bonchev–Trinajstić information content (AvgIpc) is 3.78. The van der Waals surface area contributed by atoms with Gasteiger partial charge in [0.25, 0.3) is 0 Å². The topological polar surface area (TPSA) is 23.0 Å². The van der Waals surface area contributed by atoms with Crippen molar-refractivity contribution in [3.63, 3.8) is 0 Å². The number of hydrogen-bond donors (Lipinski definition) is 0. The Labute approximate surface area is 271 Å². The molecule has 47 heavy (non-hydrogen) atoms. The summed E-state index contributed by atoms with van der Waals surface area (Å²) in [6.07, 6.45) is 0. The van der Waals surface area contributed by atoms with Crippen molar-refractivity contribution in [2.75, 3.05) is 0 Å². The van der Waals surface area contributed by atoms with Gasteiger partial charge in [-0.15, -0.1) is 0 Å². The lowest BCUT2D eigenvalue weighted by molar-refractivity contribution is 0.645. The molecule has 0 saturated carbocycles. The summed E-state index contributed by atoms with van der Waals surface area (Å²) in [5.74, 6) is 0. The van der Waals surface area contributed by atoms with E-state index in [0.29, 0.717) is 0 Å². The van der Waals surface area contributed by atoms with Crippen molar-refractivity contribution in [2.24, 2.45) is 0 Å². The molecule has 0 atom stereocenters. The summed E-state index contributed by atoms with van der Waals surface area (Å²) in [5, 5.41) is 6.01. The SMILES string of the molecule is c1ccc(-n2c3ccccc3c3ccc(-c4ccc(-c5ccc6oc7c(c6c5)c5ccccc5n7-c5ccccc5)cc4)cc32)cc1. The van der Waals surface area contributed by atoms with Crippen LogP contribution in [-0.4, -0.2) is 9.13 Å². The molecule has 10 aromatic rings. The lowest BCUT2D eigenvalue weighted by Gasteiger charge is -2.09. The lowest BCUT2D eigenvalue weighted by atomic mass is 9.98. The molecule has 220 valence electrons. The molecule has 3 aromatic heterocycles. The largest absolute Gasteiger partial charge is 0.439 e. The Morgan fingerprint density at radius 1 is 0.340 bits per heavy atom. The van der Waals surface area contributed by atoms with E-state index in [2.05, 4.69) is 173 Å². The third kappa shape index (κ3) is 3.93. The maximum absolute atomic E-state index is 6.55. The van der Waals surface area contributed by atoms with Crippen LogP contribution in [0.4, 0.5) is 0 Å². The summed E-state index contributed by atoms with van der Waals surface area (Å²) in [6.45, 7) is 0. The zero-order valence-corrected chi connectivity index (χ0v) is 25.5. The Bertz CT molecular complexity index is 2760. The molecule has 7 aromatic carbocycles. The van der Waals surface area contributed by atoms with Gasteiger partial charge < -0.3 is 8.98 Å². The Morgan fingerprint density at radius 3 is 1.55 bits per heavy atom. The molecule has 0 unspecified atom stereocenters. The molecule has 0 radical (unpaired) electrons. The molecule has 0 aliphatic rings. The molecule has 10 rings (SSSR count). The highest BCUT2D eigenvalue weighted by molar-refractivity contribution is 6.20. The van der Waals surface area contributed by atoms with Gasteiger partial charge >= 0.3 is 0 Å². The fraction of sp³-hybridized carbons (Fsp3) is 0. The minimum Gasteiger partial charge on any atom is -0.439 e. The van der Waals surface area contributed by atoms with Crippen LogP contribution in [0.5, 0.6) is 0 Å². The second-order valence-electron chi connectivity index (χ2n) is 12.2. The van der Waals surface area contributed by atoms with Gasteiger partial charge in [0.2, 0.25) is 5.71 Å². The van der Waals surface area contributed by atoms with Crippen molar-refractivity contribution in [1.82, 2.24) is 9.13 Å². The van der Waals surface area contributed by atoms with Crippen LogP contribution in [-0.2, 0) is 0 Å². The summed E-state index contributed by atoms with van der Waals surface area (Å²) in [7, 11) is 0. The van der Waals surface area contributed by atoms with Crippen LogP contribution in [0.25, 0.3) is 88.4 Å². The Balaban J connectivity index is 1.08. The highest BCUT2D eigenvalue weighted by Gasteiger charge is 2.19. The Kier molecular flexibility index (Phi) is 5.57. The van der Waals surface area contributed by atoms with Gasteiger partial charge in [-0.1, -0.05) is 115 Å². The van der Waals surface area contributed by atoms with Crippen LogP contribution >= 0.6 is 0 Å². The number of rotatable bonds is 4. The summed E-state index contributed by atoms with van der Waals surface area (Å²) >= 11 is 0. The molecule has 3 heterocycles. The number of hydrogen-bond acceptors (Lipinski definition) is 1. The Hall–Kier alpha value is -6.32. The second-order valence-corrected chi connectivity index (χ2v) is 12.2. The molecule has 0 fully saturated rings. The lowest BCUT2D eigenvalue weighted by Crippen LogP contribution is -1.93. The second kappa shape index (κ2) is 10.1. The van der Waals surface area contributed by atoms with Gasteiger partial charge in [0.15, 0.2) is 0 Å². The molecule has 0 spiro atoms. The molecular formula is C44H28N2O. The van der Waals surface area contributed by atoms with E-state index in [4.69, 9.17) is 4.42 Å². The van der Waals surface area contributed by atoms with Gasteiger partial charge in [-0.25, -0.2) is 0 Å². The number of benzene rings is 7. The fourth-order valence-electron chi connectivity index (χ4n) is 7.37. The highest BCUT2D eigenvalue weighted by Crippen LogP contribution is 2.41. The Morgan fingerprint density at radius 2 is 0.851 bits per heavy atom. The molecule has 0 bridgehead atoms. The van der Waals surface area contributed by atoms with Crippen LogP contribution in [0.2, 0.25) is 0 Å². The highest BCUT2D eigenvalue weighted by atomic mass is 16.3. The third-order valence-electron chi connectivity index (χ3n) is 9.54. The van der Waals surface area contributed by atoms with E-state index in [9.17, 15) is 0 Å². The standard InChI is InChI=1S/C44H28N2O/c1-3-11-33(12-4-1)45-39-17-9-7-15-35(39)36-25-23-32(28-41(36)45)30-21-19-29(20-22-30)31-24-26-42-38(27-31)43-37-16-8-10-18-40(37)46(44(43)47-42)34-13-5-2-6-14-34/h1-28H. The van der Waals surface area contributed by atoms with Crippen molar-refractivity contribution in [2.45, 2.75) is 0 Å². The van der Waals surface area contributed by atoms with Gasteiger partial charge in [0.05, 0.1) is 21.9 Å². The molecule has 0 N–H and O–H groups in total. The monoisotopic (exact) mass is 600 g/mol. The maximum Gasteiger partial charge on any atom is 0.213 e. The molecular weight excluding hydrogens is 572 g/mol. The van der Waals surface area contributed by atoms with E-state index < -0.39 is 0 Å². The van der Waals surface area contributed by atoms with Crippen LogP contribution in [0.1, 0.15) is 0 Å². The molecule has 0 saturated heterocycles. The predicted molar refractivity (Wildman–Crippen MR) is 196 cm³/mol. The van der Waals surface area contributed by atoms with Crippen LogP contribution in [0.15, 0.2) is 174 Å². The van der Waals surface area contributed by atoms with E-state index >= 15 is 0 Å². The minimum absolute atomic E-state index is 0.878. The number of fused-ring (bicyclic) bond motifs is 8. The van der Waals surface area contributed by atoms with Gasteiger partial charge in [-0.05, 0) is 76.9 Å². The normalized spacial score (nSPS) is 11.8. The zero-order chi connectivity index (χ0) is 30.9. The van der Waals surface area contributed by atoms with Crippen LogP contribution in [0.3, 0.4) is 0 Å². The summed E-state index contributed by atoms with van der Waals surface area (Å²) in [6, 6.07) is 60.7. The molecule has 0 aliphatic carbocycles. The third-order valence-corrected chi connectivity index (χ3v) is 9.54. The van der Waals surface area contributed by atoms with Crippen LogP contribution in [0, 0.1) is 0 Å². The molecule has 0 aliphatic heterocycles. The van der Waals surface area contributed by atoms with Gasteiger partial charge in [-0.3, -0.25) is 4.57 Å². The van der Waals surface area contributed by atoms with Crippen molar-refractivity contribution in [3.05, 3.63) is 170 Å². The average molecular weight is 601 g/mol. The minimum atomic E-state index is 0.878. The number of aromatic nitrogens is 2.